The van der Waals surface area contributed by atoms with E-state index < -0.39 is 0 Å². The number of aromatic nitrogens is 2. The van der Waals surface area contributed by atoms with Crippen LogP contribution in [0.15, 0.2) is 34.9 Å². The van der Waals surface area contributed by atoms with E-state index in [0.717, 1.165) is 18.4 Å². The van der Waals surface area contributed by atoms with Crippen molar-refractivity contribution >= 4 is 5.91 Å². The molecule has 0 spiro atoms. The molecular weight excluding hydrogens is 242 g/mol. The van der Waals surface area contributed by atoms with E-state index in [1.54, 1.807) is 11.9 Å². The fraction of sp³-hybridized carbons (Fsp3) is 0.357. The summed E-state index contributed by atoms with van der Waals surface area (Å²) in [4.78, 5) is 17.8. The second-order valence-electron chi connectivity index (χ2n) is 4.37. The lowest BCUT2D eigenvalue weighted by Crippen LogP contribution is -2.27. The van der Waals surface area contributed by atoms with Crippen LogP contribution in [0, 0.1) is 0 Å². The molecule has 1 aromatic heterocycles. The minimum Gasteiger partial charge on any atom is -0.338 e. The van der Waals surface area contributed by atoms with Crippen LogP contribution in [-0.2, 0) is 0 Å². The Balaban J connectivity index is 2.11. The van der Waals surface area contributed by atoms with Gasteiger partial charge in [-0.2, -0.15) is 4.98 Å². The Labute approximate surface area is 112 Å². The van der Waals surface area contributed by atoms with Crippen LogP contribution < -0.4 is 0 Å². The van der Waals surface area contributed by atoms with Crippen LogP contribution in [0.1, 0.15) is 30.5 Å². The highest BCUT2D eigenvalue weighted by Gasteiger charge is 2.19. The van der Waals surface area contributed by atoms with Crippen LogP contribution in [0.5, 0.6) is 0 Å². The van der Waals surface area contributed by atoms with Gasteiger partial charge >= 0.3 is 11.8 Å². The molecule has 0 fully saturated rings. The molecule has 0 aliphatic carbocycles. The predicted octanol–water partition coefficient (Wildman–Crippen LogP) is 2.61. The van der Waals surface area contributed by atoms with Gasteiger partial charge in [0.15, 0.2) is 0 Å². The molecule has 0 aliphatic heterocycles. The number of amides is 1. The van der Waals surface area contributed by atoms with Gasteiger partial charge in [-0.3, -0.25) is 4.79 Å². The number of carbonyl (C=O) groups excluding carboxylic acids is 1. The van der Waals surface area contributed by atoms with E-state index in [1.165, 1.54) is 0 Å². The molecule has 100 valence electrons. The lowest BCUT2D eigenvalue weighted by atomic mass is 10.2. The largest absolute Gasteiger partial charge is 0.338 e. The van der Waals surface area contributed by atoms with Gasteiger partial charge in [0, 0.05) is 19.2 Å². The highest BCUT2D eigenvalue weighted by molar-refractivity contribution is 5.89. The first kappa shape index (κ1) is 13.3. The van der Waals surface area contributed by atoms with Gasteiger partial charge in [-0.05, 0) is 6.42 Å². The van der Waals surface area contributed by atoms with E-state index in [4.69, 9.17) is 4.52 Å². The minimum atomic E-state index is -0.233. The standard InChI is InChI=1S/C14H17N3O2/c1-3-4-10-17(2)14(18)13-15-12(16-19-13)11-8-6-5-7-9-11/h5-9H,3-4,10H2,1-2H3. The van der Waals surface area contributed by atoms with Crippen molar-refractivity contribution in [3.05, 3.63) is 36.2 Å². The van der Waals surface area contributed by atoms with Crippen molar-refractivity contribution in [2.24, 2.45) is 0 Å². The molecule has 19 heavy (non-hydrogen) atoms. The summed E-state index contributed by atoms with van der Waals surface area (Å²) in [5.41, 5.74) is 0.835. The second-order valence-corrected chi connectivity index (χ2v) is 4.37. The first-order valence-corrected chi connectivity index (χ1v) is 6.37. The number of benzene rings is 1. The summed E-state index contributed by atoms with van der Waals surface area (Å²) in [7, 11) is 1.74. The lowest BCUT2D eigenvalue weighted by molar-refractivity contribution is 0.0744. The zero-order chi connectivity index (χ0) is 13.7. The number of carbonyl (C=O) groups is 1. The van der Waals surface area contributed by atoms with Gasteiger partial charge in [0.05, 0.1) is 0 Å². The molecule has 1 heterocycles. The average Bonchev–Trinajstić information content (AvgIpc) is 2.94. The summed E-state index contributed by atoms with van der Waals surface area (Å²) in [5.74, 6) is 0.244. The van der Waals surface area contributed by atoms with E-state index >= 15 is 0 Å². The fourth-order valence-electron chi connectivity index (χ4n) is 1.67. The van der Waals surface area contributed by atoms with Gasteiger partial charge in [0.2, 0.25) is 5.82 Å². The number of hydrogen-bond donors (Lipinski definition) is 0. The fourth-order valence-corrected chi connectivity index (χ4v) is 1.67. The summed E-state index contributed by atoms with van der Waals surface area (Å²) in [6.45, 7) is 2.77. The van der Waals surface area contributed by atoms with Crippen LogP contribution in [0.3, 0.4) is 0 Å². The normalized spacial score (nSPS) is 10.4. The Bertz CT molecular complexity index is 537. The monoisotopic (exact) mass is 259 g/mol. The van der Waals surface area contributed by atoms with Crippen LogP contribution in [0.4, 0.5) is 0 Å². The highest BCUT2D eigenvalue weighted by Crippen LogP contribution is 2.15. The van der Waals surface area contributed by atoms with Crippen molar-refractivity contribution < 1.29 is 9.32 Å². The van der Waals surface area contributed by atoms with Crippen LogP contribution in [0.25, 0.3) is 11.4 Å². The first-order valence-electron chi connectivity index (χ1n) is 6.37. The molecule has 1 amide bonds. The molecule has 0 aliphatic rings. The second kappa shape index (κ2) is 6.13. The lowest BCUT2D eigenvalue weighted by Gasteiger charge is -2.13. The Hall–Kier alpha value is -2.17. The molecule has 0 saturated carbocycles. The molecule has 5 nitrogen and oxygen atoms in total. The molecule has 1 aromatic carbocycles. The van der Waals surface area contributed by atoms with E-state index in [2.05, 4.69) is 17.1 Å². The Morgan fingerprint density at radius 3 is 2.74 bits per heavy atom. The van der Waals surface area contributed by atoms with Crippen LogP contribution in [0.2, 0.25) is 0 Å². The molecular formula is C14H17N3O2. The average molecular weight is 259 g/mol. The third-order valence-corrected chi connectivity index (χ3v) is 2.83. The molecule has 0 N–H and O–H groups in total. The summed E-state index contributed by atoms with van der Waals surface area (Å²) >= 11 is 0. The van der Waals surface area contributed by atoms with Crippen molar-refractivity contribution in [2.75, 3.05) is 13.6 Å². The topological polar surface area (TPSA) is 59.2 Å². The van der Waals surface area contributed by atoms with Crippen molar-refractivity contribution in [1.29, 1.82) is 0 Å². The quantitative estimate of drug-likeness (QED) is 0.828. The SMILES string of the molecule is CCCCN(C)C(=O)c1nc(-c2ccccc2)no1. The van der Waals surface area contributed by atoms with E-state index in [9.17, 15) is 4.79 Å². The summed E-state index contributed by atoms with van der Waals surface area (Å²) in [6, 6.07) is 9.44. The van der Waals surface area contributed by atoms with Crippen LogP contribution >= 0.6 is 0 Å². The molecule has 0 atom stereocenters. The number of unbranched alkanes of at least 4 members (excludes halogenated alkanes) is 1. The number of nitrogens with zero attached hydrogens (tertiary/aromatic N) is 3. The summed E-state index contributed by atoms with van der Waals surface area (Å²) < 4.78 is 5.03. The van der Waals surface area contributed by atoms with Gasteiger partial charge in [-0.25, -0.2) is 0 Å². The minimum absolute atomic E-state index is 0.0393. The molecule has 0 radical (unpaired) electrons. The number of rotatable bonds is 5. The number of hydrogen-bond acceptors (Lipinski definition) is 4. The molecule has 5 heteroatoms. The van der Waals surface area contributed by atoms with Crippen molar-refractivity contribution in [2.45, 2.75) is 19.8 Å². The zero-order valence-electron chi connectivity index (χ0n) is 11.2. The van der Waals surface area contributed by atoms with Gasteiger partial charge in [-0.15, -0.1) is 0 Å². The third-order valence-electron chi connectivity index (χ3n) is 2.83. The molecule has 0 bridgehead atoms. The predicted molar refractivity (Wildman–Crippen MR) is 71.6 cm³/mol. The molecule has 2 aromatic rings. The van der Waals surface area contributed by atoms with Gasteiger partial charge in [-0.1, -0.05) is 48.8 Å². The Morgan fingerprint density at radius 1 is 1.32 bits per heavy atom. The van der Waals surface area contributed by atoms with Gasteiger partial charge in [0.1, 0.15) is 0 Å². The smallest absolute Gasteiger partial charge is 0.316 e. The molecule has 2 rings (SSSR count). The summed E-state index contributed by atoms with van der Waals surface area (Å²) in [6.07, 6.45) is 2.00. The van der Waals surface area contributed by atoms with E-state index in [1.807, 2.05) is 30.3 Å². The Kier molecular flexibility index (Phi) is 4.28. The Morgan fingerprint density at radius 2 is 2.05 bits per heavy atom. The first-order chi connectivity index (χ1) is 9.22. The van der Waals surface area contributed by atoms with Crippen molar-refractivity contribution in [1.82, 2.24) is 15.0 Å². The van der Waals surface area contributed by atoms with Gasteiger partial charge < -0.3 is 9.42 Å². The maximum Gasteiger partial charge on any atom is 0.316 e. The van der Waals surface area contributed by atoms with E-state index in [0.29, 0.717) is 12.4 Å². The van der Waals surface area contributed by atoms with Gasteiger partial charge in [0.25, 0.3) is 0 Å². The van der Waals surface area contributed by atoms with E-state index in [-0.39, 0.29) is 11.8 Å². The van der Waals surface area contributed by atoms with Crippen LogP contribution in [-0.4, -0.2) is 34.5 Å². The van der Waals surface area contributed by atoms with Crippen molar-refractivity contribution in [3.8, 4) is 11.4 Å². The molecule has 0 unspecified atom stereocenters. The van der Waals surface area contributed by atoms with Crippen molar-refractivity contribution in [3.63, 3.8) is 0 Å². The molecule has 0 saturated heterocycles. The third kappa shape index (κ3) is 3.19. The highest BCUT2D eigenvalue weighted by atomic mass is 16.5. The summed E-state index contributed by atoms with van der Waals surface area (Å²) in [5, 5.41) is 3.84. The maximum absolute atomic E-state index is 12.0. The maximum atomic E-state index is 12.0. The zero-order valence-corrected chi connectivity index (χ0v) is 11.2.